The van der Waals surface area contributed by atoms with E-state index in [0.29, 0.717) is 17.9 Å². The van der Waals surface area contributed by atoms with Crippen molar-refractivity contribution in [3.8, 4) is 0 Å². The smallest absolute Gasteiger partial charge is 0.250 e. The van der Waals surface area contributed by atoms with E-state index in [1.54, 1.807) is 12.3 Å². The Balaban J connectivity index is 1.72. The minimum absolute atomic E-state index is 0.0212. The van der Waals surface area contributed by atoms with Gasteiger partial charge in [0.05, 0.1) is 25.1 Å². The molecule has 0 aliphatic carbocycles. The Hall–Kier alpha value is -2.24. The SMILES string of the molecule is O=C(COCCc1ccccc1)Nc1cnccc1CO. The fourth-order valence-electron chi connectivity index (χ4n) is 1.86. The molecule has 0 bridgehead atoms. The van der Waals surface area contributed by atoms with E-state index >= 15 is 0 Å². The molecule has 5 nitrogen and oxygen atoms in total. The quantitative estimate of drug-likeness (QED) is 0.761. The molecule has 110 valence electrons. The Bertz CT molecular complexity index is 573. The van der Waals surface area contributed by atoms with Gasteiger partial charge in [-0.25, -0.2) is 0 Å². The van der Waals surface area contributed by atoms with Gasteiger partial charge in [-0.1, -0.05) is 30.3 Å². The molecule has 0 saturated carbocycles. The lowest BCUT2D eigenvalue weighted by atomic mass is 10.2. The van der Waals surface area contributed by atoms with Gasteiger partial charge in [0.2, 0.25) is 5.91 Å². The first-order chi connectivity index (χ1) is 10.3. The third-order valence-corrected chi connectivity index (χ3v) is 2.97. The van der Waals surface area contributed by atoms with Gasteiger partial charge in [-0.05, 0) is 18.1 Å². The van der Waals surface area contributed by atoms with Crippen LogP contribution in [0.5, 0.6) is 0 Å². The summed E-state index contributed by atoms with van der Waals surface area (Å²) in [4.78, 5) is 15.7. The fraction of sp³-hybridized carbons (Fsp3) is 0.250. The van der Waals surface area contributed by atoms with E-state index < -0.39 is 0 Å². The van der Waals surface area contributed by atoms with Crippen molar-refractivity contribution in [3.05, 3.63) is 59.9 Å². The van der Waals surface area contributed by atoms with Crippen LogP contribution in [-0.2, 0) is 22.6 Å². The lowest BCUT2D eigenvalue weighted by Gasteiger charge is -2.09. The molecule has 0 aliphatic rings. The van der Waals surface area contributed by atoms with Crippen LogP contribution in [0.1, 0.15) is 11.1 Å². The molecular weight excluding hydrogens is 268 g/mol. The number of carbonyl (C=O) groups excluding carboxylic acids is 1. The van der Waals surface area contributed by atoms with Crippen molar-refractivity contribution >= 4 is 11.6 Å². The second-order valence-corrected chi connectivity index (χ2v) is 4.53. The first-order valence-corrected chi connectivity index (χ1v) is 6.75. The topological polar surface area (TPSA) is 71.5 Å². The summed E-state index contributed by atoms with van der Waals surface area (Å²) < 4.78 is 5.35. The average molecular weight is 286 g/mol. The number of hydrogen-bond acceptors (Lipinski definition) is 4. The van der Waals surface area contributed by atoms with Crippen LogP contribution in [0.4, 0.5) is 5.69 Å². The van der Waals surface area contributed by atoms with Crippen molar-refractivity contribution in [2.24, 2.45) is 0 Å². The fourth-order valence-corrected chi connectivity index (χ4v) is 1.86. The molecule has 1 aromatic heterocycles. The predicted octanol–water partition coefficient (Wildman–Crippen LogP) is 1.77. The number of benzene rings is 1. The molecule has 2 rings (SSSR count). The highest BCUT2D eigenvalue weighted by Gasteiger charge is 2.06. The van der Waals surface area contributed by atoms with Gasteiger partial charge in [0.15, 0.2) is 0 Å². The highest BCUT2D eigenvalue weighted by molar-refractivity contribution is 5.92. The summed E-state index contributed by atoms with van der Waals surface area (Å²) in [6.07, 6.45) is 3.84. The van der Waals surface area contributed by atoms with E-state index in [4.69, 9.17) is 9.84 Å². The summed E-state index contributed by atoms with van der Waals surface area (Å²) >= 11 is 0. The maximum Gasteiger partial charge on any atom is 0.250 e. The van der Waals surface area contributed by atoms with Crippen LogP contribution >= 0.6 is 0 Å². The Morgan fingerprint density at radius 2 is 2.05 bits per heavy atom. The number of aromatic nitrogens is 1. The van der Waals surface area contributed by atoms with E-state index in [0.717, 1.165) is 6.42 Å². The van der Waals surface area contributed by atoms with Crippen molar-refractivity contribution < 1.29 is 14.6 Å². The summed E-state index contributed by atoms with van der Waals surface area (Å²) in [7, 11) is 0. The molecule has 2 aromatic rings. The van der Waals surface area contributed by atoms with Gasteiger partial charge >= 0.3 is 0 Å². The lowest BCUT2D eigenvalue weighted by molar-refractivity contribution is -0.120. The van der Waals surface area contributed by atoms with Crippen LogP contribution in [0.3, 0.4) is 0 Å². The van der Waals surface area contributed by atoms with Gasteiger partial charge in [-0.2, -0.15) is 0 Å². The van der Waals surface area contributed by atoms with Gasteiger partial charge in [0.25, 0.3) is 0 Å². The first-order valence-electron chi connectivity index (χ1n) is 6.75. The summed E-state index contributed by atoms with van der Waals surface area (Å²) in [6.45, 7) is 0.316. The molecule has 0 unspecified atom stereocenters. The van der Waals surface area contributed by atoms with E-state index in [2.05, 4.69) is 10.3 Å². The Kier molecular flexibility index (Phi) is 5.87. The molecule has 0 aliphatic heterocycles. The van der Waals surface area contributed by atoms with Crippen molar-refractivity contribution in [1.82, 2.24) is 4.98 Å². The van der Waals surface area contributed by atoms with Gasteiger partial charge < -0.3 is 15.2 Å². The van der Waals surface area contributed by atoms with Crippen molar-refractivity contribution in [1.29, 1.82) is 0 Å². The van der Waals surface area contributed by atoms with Gasteiger partial charge in [-0.15, -0.1) is 0 Å². The lowest BCUT2D eigenvalue weighted by Crippen LogP contribution is -2.20. The Morgan fingerprint density at radius 1 is 1.24 bits per heavy atom. The van der Waals surface area contributed by atoms with Gasteiger partial charge in [0.1, 0.15) is 6.61 Å². The van der Waals surface area contributed by atoms with Crippen LogP contribution in [0, 0.1) is 0 Å². The number of anilines is 1. The molecular formula is C16H18N2O3. The van der Waals surface area contributed by atoms with Crippen molar-refractivity contribution in [2.45, 2.75) is 13.0 Å². The van der Waals surface area contributed by atoms with E-state index in [-0.39, 0.29) is 19.1 Å². The third kappa shape index (κ3) is 4.98. The van der Waals surface area contributed by atoms with Crippen molar-refractivity contribution in [2.75, 3.05) is 18.5 Å². The van der Waals surface area contributed by atoms with E-state index in [1.807, 2.05) is 30.3 Å². The van der Waals surface area contributed by atoms with E-state index in [1.165, 1.54) is 11.8 Å². The number of rotatable bonds is 7. The first kappa shape index (κ1) is 15.2. The largest absolute Gasteiger partial charge is 0.392 e. The van der Waals surface area contributed by atoms with Crippen LogP contribution in [0.2, 0.25) is 0 Å². The molecule has 0 atom stereocenters. The molecule has 0 radical (unpaired) electrons. The number of carbonyl (C=O) groups is 1. The zero-order valence-electron chi connectivity index (χ0n) is 11.7. The monoisotopic (exact) mass is 286 g/mol. The predicted molar refractivity (Wildman–Crippen MR) is 79.8 cm³/mol. The summed E-state index contributed by atoms with van der Waals surface area (Å²) in [5.41, 5.74) is 2.31. The second kappa shape index (κ2) is 8.14. The van der Waals surface area contributed by atoms with Crippen molar-refractivity contribution in [3.63, 3.8) is 0 Å². The molecule has 0 spiro atoms. The van der Waals surface area contributed by atoms with E-state index in [9.17, 15) is 4.79 Å². The molecule has 1 aromatic carbocycles. The molecule has 1 amide bonds. The molecule has 21 heavy (non-hydrogen) atoms. The molecule has 0 saturated heterocycles. The molecule has 0 fully saturated rings. The molecule has 1 heterocycles. The number of pyridine rings is 1. The minimum Gasteiger partial charge on any atom is -0.392 e. The van der Waals surface area contributed by atoms with Crippen LogP contribution in [0.25, 0.3) is 0 Å². The molecule has 2 N–H and O–H groups in total. The maximum atomic E-state index is 11.7. The van der Waals surface area contributed by atoms with Crippen LogP contribution < -0.4 is 5.32 Å². The number of nitrogens with zero attached hydrogens (tertiary/aromatic N) is 1. The normalized spacial score (nSPS) is 10.3. The number of hydrogen-bond donors (Lipinski definition) is 2. The minimum atomic E-state index is -0.259. The molecule has 5 heteroatoms. The number of nitrogens with one attached hydrogen (secondary N) is 1. The number of aliphatic hydroxyl groups excluding tert-OH is 1. The zero-order chi connectivity index (χ0) is 14.9. The summed E-state index contributed by atoms with van der Waals surface area (Å²) in [6, 6.07) is 11.6. The second-order valence-electron chi connectivity index (χ2n) is 4.53. The highest BCUT2D eigenvalue weighted by atomic mass is 16.5. The summed E-state index contributed by atoms with van der Waals surface area (Å²) in [5.74, 6) is -0.259. The average Bonchev–Trinajstić information content (AvgIpc) is 2.53. The van der Waals surface area contributed by atoms with Crippen LogP contribution in [0.15, 0.2) is 48.8 Å². The van der Waals surface area contributed by atoms with Gasteiger partial charge in [-0.3, -0.25) is 9.78 Å². The number of amides is 1. The standard InChI is InChI=1S/C16H18N2O3/c19-11-14-6-8-17-10-15(14)18-16(20)12-21-9-7-13-4-2-1-3-5-13/h1-6,8,10,19H,7,9,11-12H2,(H,18,20). The van der Waals surface area contributed by atoms with Crippen LogP contribution in [-0.4, -0.2) is 29.2 Å². The van der Waals surface area contributed by atoms with Gasteiger partial charge in [0, 0.05) is 11.8 Å². The number of aliphatic hydroxyl groups is 1. The third-order valence-electron chi connectivity index (χ3n) is 2.97. The Morgan fingerprint density at radius 3 is 2.81 bits per heavy atom. The summed E-state index contributed by atoms with van der Waals surface area (Å²) in [5, 5.41) is 11.8. The Labute approximate surface area is 123 Å². The number of ether oxygens (including phenoxy) is 1. The zero-order valence-corrected chi connectivity index (χ0v) is 11.7. The highest BCUT2D eigenvalue weighted by Crippen LogP contribution is 2.12. The maximum absolute atomic E-state index is 11.7.